The Morgan fingerprint density at radius 3 is 2.79 bits per heavy atom. The van der Waals surface area contributed by atoms with Crippen molar-refractivity contribution in [3.8, 4) is 0 Å². The van der Waals surface area contributed by atoms with Gasteiger partial charge in [0.15, 0.2) is 5.13 Å². The van der Waals surface area contributed by atoms with Crippen molar-refractivity contribution in [1.82, 2.24) is 4.98 Å². The summed E-state index contributed by atoms with van der Waals surface area (Å²) in [6.07, 6.45) is 1.59. The number of carbonyl (C=O) groups is 1. The molecule has 1 saturated carbocycles. The summed E-state index contributed by atoms with van der Waals surface area (Å²) in [7, 11) is 0. The Morgan fingerprint density at radius 2 is 2.26 bits per heavy atom. The molecule has 0 radical (unpaired) electrons. The maximum absolute atomic E-state index is 11.3. The summed E-state index contributed by atoms with van der Waals surface area (Å²) < 4.78 is 0.839. The lowest BCUT2D eigenvalue weighted by Gasteiger charge is -2.46. The molecule has 0 amide bonds. The number of thiazole rings is 1. The van der Waals surface area contributed by atoms with Crippen LogP contribution in [0.3, 0.4) is 0 Å². The van der Waals surface area contributed by atoms with Gasteiger partial charge in [0.05, 0.1) is 5.92 Å². The lowest BCUT2D eigenvalue weighted by molar-refractivity contribution is -0.149. The van der Waals surface area contributed by atoms with E-state index in [2.05, 4.69) is 47.0 Å². The average molecular weight is 347 g/mol. The van der Waals surface area contributed by atoms with Crippen molar-refractivity contribution in [3.05, 3.63) is 9.98 Å². The summed E-state index contributed by atoms with van der Waals surface area (Å²) in [5.41, 5.74) is -0.212. The third-order valence-electron chi connectivity index (χ3n) is 4.52. The fraction of sp³-hybridized carbons (Fsp3) is 0.692. The molecule has 1 aliphatic carbocycles. The Labute approximate surface area is 125 Å². The predicted molar refractivity (Wildman–Crippen MR) is 80.5 cm³/mol. The number of aromatic nitrogens is 1. The molecule has 3 atom stereocenters. The van der Waals surface area contributed by atoms with Crippen molar-refractivity contribution in [2.45, 2.75) is 39.7 Å². The van der Waals surface area contributed by atoms with E-state index in [0.29, 0.717) is 0 Å². The maximum atomic E-state index is 11.3. The highest BCUT2D eigenvalue weighted by Crippen LogP contribution is 2.46. The van der Waals surface area contributed by atoms with Gasteiger partial charge in [-0.3, -0.25) is 4.79 Å². The number of nitrogens with one attached hydrogen (secondary N) is 1. The van der Waals surface area contributed by atoms with Crippen LogP contribution in [-0.4, -0.2) is 22.1 Å². The molecule has 106 valence electrons. The van der Waals surface area contributed by atoms with Crippen LogP contribution in [0.4, 0.5) is 5.13 Å². The van der Waals surface area contributed by atoms with Gasteiger partial charge in [-0.2, -0.15) is 0 Å². The molecule has 6 heteroatoms. The Hall–Kier alpha value is -0.620. The molecule has 2 N–H and O–H groups in total. The van der Waals surface area contributed by atoms with Crippen LogP contribution in [0.1, 0.15) is 33.6 Å². The summed E-state index contributed by atoms with van der Waals surface area (Å²) in [6.45, 7) is 6.25. The van der Waals surface area contributed by atoms with E-state index in [1.165, 1.54) is 0 Å². The van der Waals surface area contributed by atoms with Gasteiger partial charge in [0.25, 0.3) is 0 Å². The highest BCUT2D eigenvalue weighted by atomic mass is 79.9. The monoisotopic (exact) mass is 346 g/mol. The molecule has 1 heterocycles. The van der Waals surface area contributed by atoms with Crippen molar-refractivity contribution >= 4 is 38.4 Å². The van der Waals surface area contributed by atoms with E-state index >= 15 is 0 Å². The van der Waals surface area contributed by atoms with Crippen LogP contribution < -0.4 is 5.32 Å². The van der Waals surface area contributed by atoms with Crippen LogP contribution in [0.15, 0.2) is 9.98 Å². The zero-order valence-electron chi connectivity index (χ0n) is 11.3. The second-order valence-electron chi connectivity index (χ2n) is 5.80. The molecule has 1 aliphatic rings. The van der Waals surface area contributed by atoms with Crippen LogP contribution in [0.25, 0.3) is 0 Å². The topological polar surface area (TPSA) is 62.2 Å². The van der Waals surface area contributed by atoms with Gasteiger partial charge in [-0.25, -0.2) is 4.98 Å². The molecule has 4 nitrogen and oxygen atoms in total. The molecular weight excluding hydrogens is 328 g/mol. The van der Waals surface area contributed by atoms with E-state index in [0.717, 1.165) is 22.6 Å². The third kappa shape index (κ3) is 2.94. The number of aliphatic carboxylic acids is 1. The first-order valence-electron chi connectivity index (χ1n) is 6.42. The van der Waals surface area contributed by atoms with Crippen molar-refractivity contribution in [1.29, 1.82) is 0 Å². The second kappa shape index (κ2) is 5.40. The van der Waals surface area contributed by atoms with E-state index in [4.69, 9.17) is 0 Å². The van der Waals surface area contributed by atoms with E-state index in [9.17, 15) is 9.90 Å². The number of hydrogen-bond acceptors (Lipinski definition) is 4. The molecule has 1 fully saturated rings. The lowest BCUT2D eigenvalue weighted by atomic mass is 9.61. The first kappa shape index (κ1) is 14.8. The van der Waals surface area contributed by atoms with Gasteiger partial charge >= 0.3 is 5.97 Å². The highest BCUT2D eigenvalue weighted by molar-refractivity contribution is 9.10. The highest BCUT2D eigenvalue weighted by Gasteiger charge is 2.46. The van der Waals surface area contributed by atoms with Gasteiger partial charge in [0.2, 0.25) is 0 Å². The number of halogens is 1. The number of carboxylic acid groups (broad SMARTS) is 1. The van der Waals surface area contributed by atoms with Crippen LogP contribution in [0.5, 0.6) is 0 Å². The number of nitrogens with zero attached hydrogens (tertiary/aromatic N) is 1. The smallest absolute Gasteiger partial charge is 0.307 e. The summed E-state index contributed by atoms with van der Waals surface area (Å²) in [5, 5.41) is 15.6. The standard InChI is InChI=1S/C13H19BrN2O2S/c1-7-9(15-12-16-10(14)6-19-12)5-4-8(11(17)18)13(7,2)3/h6-9H,4-5H2,1-3H3,(H,15,16)(H,17,18). The summed E-state index contributed by atoms with van der Waals surface area (Å²) in [4.78, 5) is 15.7. The number of carboxylic acids is 1. The summed E-state index contributed by atoms with van der Waals surface area (Å²) in [5.74, 6) is -0.652. The summed E-state index contributed by atoms with van der Waals surface area (Å²) >= 11 is 4.91. The van der Waals surface area contributed by atoms with Gasteiger partial charge in [-0.05, 0) is 40.1 Å². The normalized spacial score (nSPS) is 30.0. The zero-order valence-corrected chi connectivity index (χ0v) is 13.7. The van der Waals surface area contributed by atoms with Crippen LogP contribution in [-0.2, 0) is 4.79 Å². The van der Waals surface area contributed by atoms with Crippen molar-refractivity contribution in [2.24, 2.45) is 17.3 Å². The average Bonchev–Trinajstić information content (AvgIpc) is 2.70. The Kier molecular flexibility index (Phi) is 4.20. The van der Waals surface area contributed by atoms with Crippen molar-refractivity contribution in [2.75, 3.05) is 5.32 Å². The van der Waals surface area contributed by atoms with Crippen LogP contribution >= 0.6 is 27.3 Å². The predicted octanol–water partition coefficient (Wildman–Crippen LogP) is 3.84. The molecule has 0 spiro atoms. The number of anilines is 1. The van der Waals surface area contributed by atoms with E-state index in [1.807, 2.05) is 5.38 Å². The molecule has 0 bridgehead atoms. The minimum Gasteiger partial charge on any atom is -0.481 e. The zero-order chi connectivity index (χ0) is 14.2. The summed E-state index contributed by atoms with van der Waals surface area (Å²) in [6, 6.07) is 0.281. The minimum atomic E-state index is -0.674. The molecule has 19 heavy (non-hydrogen) atoms. The van der Waals surface area contributed by atoms with E-state index in [-0.39, 0.29) is 23.3 Å². The first-order chi connectivity index (χ1) is 8.82. The maximum Gasteiger partial charge on any atom is 0.307 e. The van der Waals surface area contributed by atoms with Crippen LogP contribution in [0, 0.1) is 17.3 Å². The molecule has 0 aliphatic heterocycles. The Balaban J connectivity index is 2.11. The fourth-order valence-electron chi connectivity index (χ4n) is 2.92. The van der Waals surface area contributed by atoms with Gasteiger partial charge < -0.3 is 10.4 Å². The SMILES string of the molecule is CC1C(Nc2nc(Br)cs2)CCC(C(=O)O)C1(C)C. The minimum absolute atomic E-state index is 0.212. The Bertz CT molecular complexity index is 475. The molecule has 1 aromatic heterocycles. The van der Waals surface area contributed by atoms with Crippen molar-refractivity contribution in [3.63, 3.8) is 0 Å². The first-order valence-corrected chi connectivity index (χ1v) is 8.10. The fourth-order valence-corrected chi connectivity index (χ4v) is 4.13. The van der Waals surface area contributed by atoms with Crippen LogP contribution in [0.2, 0.25) is 0 Å². The molecule has 0 aromatic carbocycles. The van der Waals surface area contributed by atoms with E-state index < -0.39 is 5.97 Å². The van der Waals surface area contributed by atoms with E-state index in [1.54, 1.807) is 11.3 Å². The van der Waals surface area contributed by atoms with Gasteiger partial charge in [0, 0.05) is 11.4 Å². The van der Waals surface area contributed by atoms with Gasteiger partial charge in [0.1, 0.15) is 4.60 Å². The van der Waals surface area contributed by atoms with Crippen molar-refractivity contribution < 1.29 is 9.90 Å². The largest absolute Gasteiger partial charge is 0.481 e. The molecular formula is C13H19BrN2O2S. The Morgan fingerprint density at radius 1 is 1.58 bits per heavy atom. The lowest BCUT2D eigenvalue weighted by Crippen LogP contribution is -2.48. The van der Waals surface area contributed by atoms with Gasteiger partial charge in [-0.1, -0.05) is 20.8 Å². The molecule has 1 aromatic rings. The number of hydrogen-bond donors (Lipinski definition) is 2. The second-order valence-corrected chi connectivity index (χ2v) is 7.48. The third-order valence-corrected chi connectivity index (χ3v) is 6.01. The molecule has 3 unspecified atom stereocenters. The quantitative estimate of drug-likeness (QED) is 0.872. The molecule has 0 saturated heterocycles. The molecule has 2 rings (SSSR count). The van der Waals surface area contributed by atoms with Gasteiger partial charge in [-0.15, -0.1) is 11.3 Å². The number of rotatable bonds is 3.